The molecule has 110 valence electrons. The van der Waals surface area contributed by atoms with Crippen molar-refractivity contribution >= 4 is 23.1 Å². The monoisotopic (exact) mass is 292 g/mol. The first-order valence-corrected chi connectivity index (χ1v) is 7.85. The summed E-state index contributed by atoms with van der Waals surface area (Å²) < 4.78 is 0. The van der Waals surface area contributed by atoms with E-state index < -0.39 is 0 Å². The van der Waals surface area contributed by atoms with Gasteiger partial charge in [-0.1, -0.05) is 6.42 Å². The topological polar surface area (TPSA) is 40.2 Å². The summed E-state index contributed by atoms with van der Waals surface area (Å²) in [5.74, 6) is 0.804. The van der Waals surface area contributed by atoms with Crippen molar-refractivity contribution in [2.24, 2.45) is 0 Å². The number of thiocarbonyl (C=S) groups is 1. The SMILES string of the molecule is Cc1ccnc(NC(=S)NCCCN2CCCCC2)c1. The fourth-order valence-electron chi connectivity index (χ4n) is 2.45. The predicted octanol–water partition coefficient (Wildman–Crippen LogP) is 2.55. The predicted molar refractivity (Wildman–Crippen MR) is 88.1 cm³/mol. The van der Waals surface area contributed by atoms with Gasteiger partial charge in [0.2, 0.25) is 0 Å². The Hall–Kier alpha value is -1.20. The average molecular weight is 292 g/mol. The summed E-state index contributed by atoms with van der Waals surface area (Å²) in [4.78, 5) is 6.78. The Morgan fingerprint density at radius 3 is 2.90 bits per heavy atom. The molecule has 2 rings (SSSR count). The molecule has 2 heterocycles. The maximum Gasteiger partial charge on any atom is 0.171 e. The van der Waals surface area contributed by atoms with Gasteiger partial charge in [-0.15, -0.1) is 0 Å². The Morgan fingerprint density at radius 2 is 2.15 bits per heavy atom. The fraction of sp³-hybridized carbons (Fsp3) is 0.600. The average Bonchev–Trinajstić information content (AvgIpc) is 2.45. The van der Waals surface area contributed by atoms with Crippen molar-refractivity contribution < 1.29 is 0 Å². The second-order valence-corrected chi connectivity index (χ2v) is 5.76. The van der Waals surface area contributed by atoms with Gasteiger partial charge in [-0.25, -0.2) is 4.98 Å². The van der Waals surface area contributed by atoms with Gasteiger partial charge >= 0.3 is 0 Å². The van der Waals surface area contributed by atoms with Crippen LogP contribution in [0.1, 0.15) is 31.2 Å². The second-order valence-electron chi connectivity index (χ2n) is 5.36. The van der Waals surface area contributed by atoms with Crippen LogP contribution >= 0.6 is 12.2 Å². The maximum atomic E-state index is 5.27. The van der Waals surface area contributed by atoms with Crippen LogP contribution in [0.5, 0.6) is 0 Å². The number of hydrogen-bond donors (Lipinski definition) is 2. The summed E-state index contributed by atoms with van der Waals surface area (Å²) >= 11 is 5.27. The zero-order chi connectivity index (χ0) is 14.2. The van der Waals surface area contributed by atoms with Crippen LogP contribution in [0.3, 0.4) is 0 Å². The van der Waals surface area contributed by atoms with Gasteiger partial charge in [0.15, 0.2) is 5.11 Å². The summed E-state index contributed by atoms with van der Waals surface area (Å²) in [5.41, 5.74) is 1.18. The van der Waals surface area contributed by atoms with Crippen molar-refractivity contribution in [1.82, 2.24) is 15.2 Å². The van der Waals surface area contributed by atoms with Crippen LogP contribution < -0.4 is 10.6 Å². The lowest BCUT2D eigenvalue weighted by Gasteiger charge is -2.26. The van der Waals surface area contributed by atoms with Gasteiger partial charge in [-0.05, 0) is 75.7 Å². The van der Waals surface area contributed by atoms with E-state index in [1.165, 1.54) is 37.9 Å². The Morgan fingerprint density at radius 1 is 1.35 bits per heavy atom. The summed E-state index contributed by atoms with van der Waals surface area (Å²) in [6.07, 6.45) is 7.02. The molecule has 4 nitrogen and oxygen atoms in total. The highest BCUT2D eigenvalue weighted by molar-refractivity contribution is 7.80. The summed E-state index contributed by atoms with van der Waals surface area (Å²) in [6, 6.07) is 3.96. The number of hydrogen-bond acceptors (Lipinski definition) is 3. The number of anilines is 1. The van der Waals surface area contributed by atoms with E-state index in [1.54, 1.807) is 6.20 Å². The third-order valence-electron chi connectivity index (χ3n) is 3.54. The van der Waals surface area contributed by atoms with Crippen LogP contribution in [-0.2, 0) is 0 Å². The molecule has 1 aromatic rings. The first-order chi connectivity index (χ1) is 9.74. The first kappa shape index (κ1) is 15.2. The molecule has 0 amide bonds. The molecule has 1 aliphatic rings. The zero-order valence-corrected chi connectivity index (χ0v) is 13.0. The van der Waals surface area contributed by atoms with Crippen molar-refractivity contribution in [2.75, 3.05) is 31.5 Å². The standard InChI is InChI=1S/C15H24N4S/c1-13-6-8-16-14(12-13)18-15(20)17-7-5-11-19-9-3-2-4-10-19/h6,8,12H,2-5,7,9-11H2,1H3,(H2,16,17,18,20). The molecule has 0 aliphatic carbocycles. The smallest absolute Gasteiger partial charge is 0.171 e. The largest absolute Gasteiger partial charge is 0.362 e. The highest BCUT2D eigenvalue weighted by Gasteiger charge is 2.08. The quantitative estimate of drug-likeness (QED) is 0.645. The van der Waals surface area contributed by atoms with Crippen molar-refractivity contribution in [3.8, 4) is 0 Å². The molecule has 1 aliphatic heterocycles. The Labute approximate surface area is 127 Å². The van der Waals surface area contributed by atoms with E-state index >= 15 is 0 Å². The molecule has 20 heavy (non-hydrogen) atoms. The van der Waals surface area contributed by atoms with E-state index in [0.29, 0.717) is 5.11 Å². The number of pyridine rings is 1. The highest BCUT2D eigenvalue weighted by atomic mass is 32.1. The highest BCUT2D eigenvalue weighted by Crippen LogP contribution is 2.08. The van der Waals surface area contributed by atoms with E-state index in [2.05, 4.69) is 20.5 Å². The van der Waals surface area contributed by atoms with Gasteiger partial charge in [-0.2, -0.15) is 0 Å². The van der Waals surface area contributed by atoms with Gasteiger partial charge < -0.3 is 15.5 Å². The van der Waals surface area contributed by atoms with Crippen molar-refractivity contribution in [3.05, 3.63) is 23.9 Å². The van der Waals surface area contributed by atoms with Gasteiger partial charge in [0.25, 0.3) is 0 Å². The van der Waals surface area contributed by atoms with E-state index in [4.69, 9.17) is 12.2 Å². The van der Waals surface area contributed by atoms with Gasteiger partial charge in [0.1, 0.15) is 5.82 Å². The van der Waals surface area contributed by atoms with E-state index in [-0.39, 0.29) is 0 Å². The number of rotatable bonds is 5. The molecule has 0 saturated carbocycles. The third-order valence-corrected chi connectivity index (χ3v) is 3.79. The molecule has 0 bridgehead atoms. The van der Waals surface area contributed by atoms with Crippen LogP contribution in [0.25, 0.3) is 0 Å². The molecule has 0 radical (unpaired) electrons. The van der Waals surface area contributed by atoms with Crippen LogP contribution in [0.4, 0.5) is 5.82 Å². The molecule has 0 spiro atoms. The molecule has 5 heteroatoms. The first-order valence-electron chi connectivity index (χ1n) is 7.44. The van der Waals surface area contributed by atoms with Gasteiger partial charge in [-0.3, -0.25) is 0 Å². The minimum atomic E-state index is 0.654. The Bertz CT molecular complexity index is 430. The van der Waals surface area contributed by atoms with E-state index in [9.17, 15) is 0 Å². The van der Waals surface area contributed by atoms with Crippen LogP contribution in [0.2, 0.25) is 0 Å². The van der Waals surface area contributed by atoms with Crippen molar-refractivity contribution in [1.29, 1.82) is 0 Å². The van der Waals surface area contributed by atoms with Crippen LogP contribution in [0, 0.1) is 6.92 Å². The molecule has 1 fully saturated rings. The van der Waals surface area contributed by atoms with Crippen LogP contribution in [-0.4, -0.2) is 41.2 Å². The number of aryl methyl sites for hydroxylation is 1. The number of piperidine rings is 1. The third kappa shape index (κ3) is 5.43. The summed E-state index contributed by atoms with van der Waals surface area (Å²) in [6.45, 7) is 6.64. The lowest BCUT2D eigenvalue weighted by Crippen LogP contribution is -2.34. The molecule has 0 unspecified atom stereocenters. The molecule has 1 aromatic heterocycles. The van der Waals surface area contributed by atoms with E-state index in [0.717, 1.165) is 25.3 Å². The molecule has 0 atom stereocenters. The molecular formula is C15H24N4S. The van der Waals surface area contributed by atoms with Gasteiger partial charge in [0.05, 0.1) is 0 Å². The number of aromatic nitrogens is 1. The zero-order valence-electron chi connectivity index (χ0n) is 12.2. The number of nitrogens with one attached hydrogen (secondary N) is 2. The Kier molecular flexibility index (Phi) is 6.21. The lowest BCUT2D eigenvalue weighted by atomic mass is 10.1. The number of likely N-dealkylation sites (tertiary alicyclic amines) is 1. The second kappa shape index (κ2) is 8.17. The van der Waals surface area contributed by atoms with E-state index in [1.807, 2.05) is 19.1 Å². The molecule has 0 aromatic carbocycles. The Balaban J connectivity index is 1.60. The molecule has 1 saturated heterocycles. The molecular weight excluding hydrogens is 268 g/mol. The van der Waals surface area contributed by atoms with Crippen LogP contribution in [0.15, 0.2) is 18.3 Å². The summed E-state index contributed by atoms with van der Waals surface area (Å²) in [7, 11) is 0. The van der Waals surface area contributed by atoms with Gasteiger partial charge in [0, 0.05) is 12.7 Å². The maximum absolute atomic E-state index is 5.27. The molecule has 2 N–H and O–H groups in total. The van der Waals surface area contributed by atoms with Crippen molar-refractivity contribution in [2.45, 2.75) is 32.6 Å². The minimum Gasteiger partial charge on any atom is -0.362 e. The fourth-order valence-corrected chi connectivity index (χ4v) is 2.66. The summed E-state index contributed by atoms with van der Waals surface area (Å²) in [5, 5.41) is 7.02. The number of nitrogens with zero attached hydrogens (tertiary/aromatic N) is 2. The lowest BCUT2D eigenvalue weighted by molar-refractivity contribution is 0.227. The van der Waals surface area contributed by atoms with Crippen molar-refractivity contribution in [3.63, 3.8) is 0 Å². The normalized spacial score (nSPS) is 15.8. The minimum absolute atomic E-state index is 0.654.